The lowest BCUT2D eigenvalue weighted by atomic mass is 10.1. The maximum atomic E-state index is 12.1. The number of ether oxygens (including phenoxy) is 1. The number of urea groups is 1. The Morgan fingerprint density at radius 1 is 1.45 bits per heavy atom. The van der Waals surface area contributed by atoms with Crippen LogP contribution in [-0.2, 0) is 4.79 Å². The Labute approximate surface area is 127 Å². The van der Waals surface area contributed by atoms with Gasteiger partial charge in [-0.3, -0.25) is 14.5 Å². The predicted octanol–water partition coefficient (Wildman–Crippen LogP) is 0.428. The summed E-state index contributed by atoms with van der Waals surface area (Å²) >= 11 is 0. The van der Waals surface area contributed by atoms with Crippen LogP contribution in [0.3, 0.4) is 0 Å². The summed E-state index contributed by atoms with van der Waals surface area (Å²) in [7, 11) is 1.47. The van der Waals surface area contributed by atoms with E-state index in [9.17, 15) is 14.4 Å². The van der Waals surface area contributed by atoms with Gasteiger partial charge in [-0.1, -0.05) is 0 Å². The zero-order chi connectivity index (χ0) is 16.3. The van der Waals surface area contributed by atoms with Crippen LogP contribution in [-0.4, -0.2) is 49.3 Å². The third kappa shape index (κ3) is 3.11. The molecule has 1 aliphatic heterocycles. The number of carboxylic acid groups (broad SMARTS) is 1. The molecule has 3 N–H and O–H groups in total. The Morgan fingerprint density at radius 3 is 2.73 bits per heavy atom. The van der Waals surface area contributed by atoms with Crippen molar-refractivity contribution in [2.24, 2.45) is 0 Å². The fourth-order valence-electron chi connectivity index (χ4n) is 2.09. The van der Waals surface area contributed by atoms with Gasteiger partial charge >= 0.3 is 12.0 Å². The van der Waals surface area contributed by atoms with Gasteiger partial charge in [0.15, 0.2) is 0 Å². The summed E-state index contributed by atoms with van der Waals surface area (Å²) < 4.78 is 5.21. The van der Waals surface area contributed by atoms with E-state index in [1.807, 2.05) is 0 Å². The molecule has 0 bridgehead atoms. The molecule has 0 saturated carbocycles. The number of carbonyl (C=O) groups is 3. The lowest BCUT2D eigenvalue weighted by molar-refractivity contribution is -0.138. The molecule has 8 nitrogen and oxygen atoms in total. The van der Waals surface area contributed by atoms with Crippen LogP contribution in [0.5, 0.6) is 5.75 Å². The second-order valence-electron chi connectivity index (χ2n) is 4.80. The number of hydrogen-bond acceptors (Lipinski definition) is 4. The normalized spacial score (nSPS) is 15.2. The van der Waals surface area contributed by atoms with E-state index in [-0.39, 0.29) is 11.6 Å². The fraction of sp³-hybridized carbons (Fsp3) is 0.357. The summed E-state index contributed by atoms with van der Waals surface area (Å²) in [5, 5.41) is 13.9. The Hall–Kier alpha value is -2.77. The summed E-state index contributed by atoms with van der Waals surface area (Å²) in [6, 6.07) is 3.32. The predicted molar refractivity (Wildman–Crippen MR) is 78.3 cm³/mol. The van der Waals surface area contributed by atoms with E-state index < -0.39 is 17.9 Å². The van der Waals surface area contributed by atoms with Crippen molar-refractivity contribution in [2.75, 3.05) is 25.1 Å². The van der Waals surface area contributed by atoms with Crippen molar-refractivity contribution in [3.63, 3.8) is 0 Å². The molecule has 0 radical (unpaired) electrons. The maximum absolute atomic E-state index is 12.1. The van der Waals surface area contributed by atoms with Crippen molar-refractivity contribution < 1.29 is 24.2 Å². The SMILES string of the molecule is COc1ccc(C(=O)N[C@H](C)C(=O)O)cc1N1CCNC1=O. The third-order valence-electron chi connectivity index (χ3n) is 3.31. The van der Waals surface area contributed by atoms with Crippen molar-refractivity contribution in [3.8, 4) is 5.75 Å². The first-order chi connectivity index (χ1) is 10.4. The van der Waals surface area contributed by atoms with Gasteiger partial charge in [0.05, 0.1) is 12.8 Å². The molecule has 2 rings (SSSR count). The summed E-state index contributed by atoms with van der Waals surface area (Å²) in [5.41, 5.74) is 0.719. The number of methoxy groups -OCH3 is 1. The van der Waals surface area contributed by atoms with E-state index in [1.165, 1.54) is 31.1 Å². The zero-order valence-electron chi connectivity index (χ0n) is 12.3. The summed E-state index contributed by atoms with van der Waals surface area (Å²) in [6.45, 7) is 2.35. The van der Waals surface area contributed by atoms with E-state index >= 15 is 0 Å². The number of nitrogens with zero attached hydrogens (tertiary/aromatic N) is 1. The van der Waals surface area contributed by atoms with Crippen LogP contribution < -0.4 is 20.3 Å². The highest BCUT2D eigenvalue weighted by Gasteiger charge is 2.25. The number of rotatable bonds is 5. The second-order valence-corrected chi connectivity index (χ2v) is 4.80. The Bertz CT molecular complexity index is 616. The molecular formula is C14H17N3O5. The monoisotopic (exact) mass is 307 g/mol. The zero-order valence-corrected chi connectivity index (χ0v) is 12.3. The van der Waals surface area contributed by atoms with Crippen molar-refractivity contribution in [1.29, 1.82) is 0 Å². The topological polar surface area (TPSA) is 108 Å². The van der Waals surface area contributed by atoms with Gasteiger partial charge in [-0.25, -0.2) is 4.79 Å². The van der Waals surface area contributed by atoms with Crippen LogP contribution in [0.4, 0.5) is 10.5 Å². The van der Waals surface area contributed by atoms with Gasteiger partial charge in [0, 0.05) is 18.7 Å². The molecule has 1 atom stereocenters. The molecule has 0 aliphatic carbocycles. The molecule has 1 aliphatic rings. The first kappa shape index (κ1) is 15.6. The van der Waals surface area contributed by atoms with Crippen molar-refractivity contribution in [3.05, 3.63) is 23.8 Å². The lowest BCUT2D eigenvalue weighted by Gasteiger charge is -2.19. The number of benzene rings is 1. The van der Waals surface area contributed by atoms with Gasteiger partial charge < -0.3 is 20.5 Å². The van der Waals surface area contributed by atoms with Gasteiger partial charge in [0.25, 0.3) is 5.91 Å². The largest absolute Gasteiger partial charge is 0.495 e. The van der Waals surface area contributed by atoms with E-state index in [2.05, 4.69) is 10.6 Å². The minimum atomic E-state index is -1.12. The average molecular weight is 307 g/mol. The van der Waals surface area contributed by atoms with Crippen LogP contribution in [0.1, 0.15) is 17.3 Å². The molecule has 3 amide bonds. The number of amides is 3. The third-order valence-corrected chi connectivity index (χ3v) is 3.31. The molecule has 1 aromatic carbocycles. The standard InChI is InChI=1S/C14H17N3O5/c1-8(13(19)20)16-12(18)9-3-4-11(22-2)10(7-9)17-6-5-15-14(17)21/h3-4,7-8H,5-6H2,1-2H3,(H,15,21)(H,16,18)(H,19,20)/t8-/m1/s1. The molecule has 1 heterocycles. The van der Waals surface area contributed by atoms with Gasteiger partial charge in [-0.05, 0) is 25.1 Å². The first-order valence-electron chi connectivity index (χ1n) is 6.71. The number of carboxylic acids is 1. The van der Waals surface area contributed by atoms with Gasteiger partial charge in [0.2, 0.25) is 0 Å². The smallest absolute Gasteiger partial charge is 0.325 e. The number of anilines is 1. The Kier molecular flexibility index (Phi) is 4.50. The minimum absolute atomic E-state index is 0.253. The molecule has 1 aromatic rings. The number of aliphatic carboxylic acids is 1. The lowest BCUT2D eigenvalue weighted by Crippen LogP contribution is -2.38. The number of nitrogens with one attached hydrogen (secondary N) is 2. The van der Waals surface area contributed by atoms with Crippen molar-refractivity contribution in [1.82, 2.24) is 10.6 Å². The van der Waals surface area contributed by atoms with E-state index in [4.69, 9.17) is 9.84 Å². The van der Waals surface area contributed by atoms with E-state index in [0.717, 1.165) is 0 Å². The highest BCUT2D eigenvalue weighted by atomic mass is 16.5. The van der Waals surface area contributed by atoms with Crippen molar-refractivity contribution in [2.45, 2.75) is 13.0 Å². The van der Waals surface area contributed by atoms with Crippen LogP contribution >= 0.6 is 0 Å². The van der Waals surface area contributed by atoms with Gasteiger partial charge in [-0.2, -0.15) is 0 Å². The number of carbonyl (C=O) groups excluding carboxylic acids is 2. The summed E-state index contributed by atoms with van der Waals surface area (Å²) in [5.74, 6) is -1.20. The second kappa shape index (κ2) is 6.33. The maximum Gasteiger partial charge on any atom is 0.325 e. The van der Waals surface area contributed by atoms with Crippen LogP contribution in [0.15, 0.2) is 18.2 Å². The Morgan fingerprint density at radius 2 is 2.18 bits per heavy atom. The molecule has 1 fully saturated rings. The molecule has 0 aromatic heterocycles. The molecule has 0 spiro atoms. The Balaban J connectivity index is 2.29. The fourth-order valence-corrected chi connectivity index (χ4v) is 2.09. The quantitative estimate of drug-likeness (QED) is 0.731. The minimum Gasteiger partial charge on any atom is -0.495 e. The summed E-state index contributed by atoms with van der Waals surface area (Å²) in [4.78, 5) is 36.1. The highest BCUT2D eigenvalue weighted by Crippen LogP contribution is 2.30. The molecule has 22 heavy (non-hydrogen) atoms. The van der Waals surface area contributed by atoms with Crippen LogP contribution in [0.2, 0.25) is 0 Å². The van der Waals surface area contributed by atoms with Gasteiger partial charge in [0.1, 0.15) is 11.8 Å². The molecular weight excluding hydrogens is 290 g/mol. The molecule has 118 valence electrons. The molecule has 0 unspecified atom stereocenters. The number of hydrogen-bond donors (Lipinski definition) is 3. The van der Waals surface area contributed by atoms with Crippen LogP contribution in [0.25, 0.3) is 0 Å². The van der Waals surface area contributed by atoms with E-state index in [0.29, 0.717) is 24.5 Å². The summed E-state index contributed by atoms with van der Waals surface area (Å²) in [6.07, 6.45) is 0. The molecule has 8 heteroatoms. The highest BCUT2D eigenvalue weighted by molar-refractivity contribution is 6.00. The van der Waals surface area contributed by atoms with E-state index in [1.54, 1.807) is 6.07 Å². The van der Waals surface area contributed by atoms with Crippen molar-refractivity contribution >= 4 is 23.6 Å². The van der Waals surface area contributed by atoms with Crippen LogP contribution in [0, 0.1) is 0 Å². The first-order valence-corrected chi connectivity index (χ1v) is 6.71. The molecule has 1 saturated heterocycles. The average Bonchev–Trinajstić information content (AvgIpc) is 2.92. The van der Waals surface area contributed by atoms with Gasteiger partial charge in [-0.15, -0.1) is 0 Å².